The molecule has 0 amide bonds. The van der Waals surface area contributed by atoms with E-state index in [4.69, 9.17) is 4.74 Å². The Kier molecular flexibility index (Phi) is 11.7. The van der Waals surface area contributed by atoms with Crippen molar-refractivity contribution in [3.8, 4) is 0 Å². The van der Waals surface area contributed by atoms with Crippen LogP contribution in [0.25, 0.3) is 0 Å². The standard InChI is InChI=1S/C22H41NO4/c1-4-6-7-8-9-10-11-12-13-14-15-19(25)20-18(17-24)16-23-22(3,21(20)26)27-5-2/h16,19,23-26H,4-15,17H2,1-3H3. The summed E-state index contributed by atoms with van der Waals surface area (Å²) < 4.78 is 5.60. The number of unbranched alkanes of at least 4 members (excludes halogenated alkanes) is 9. The van der Waals surface area contributed by atoms with Gasteiger partial charge in [-0.1, -0.05) is 71.1 Å². The normalized spacial score (nSPS) is 21.1. The van der Waals surface area contributed by atoms with Crippen LogP contribution in [0.1, 0.15) is 91.4 Å². The van der Waals surface area contributed by atoms with E-state index in [9.17, 15) is 15.3 Å². The van der Waals surface area contributed by atoms with Crippen LogP contribution in [0.2, 0.25) is 0 Å². The molecule has 0 spiro atoms. The minimum absolute atomic E-state index is 0.0320. The molecule has 0 aromatic rings. The Morgan fingerprint density at radius 3 is 2.07 bits per heavy atom. The van der Waals surface area contributed by atoms with Crippen molar-refractivity contribution >= 4 is 0 Å². The highest BCUT2D eigenvalue weighted by molar-refractivity contribution is 5.42. The summed E-state index contributed by atoms with van der Waals surface area (Å²) in [5, 5.41) is 33.8. The van der Waals surface area contributed by atoms with Gasteiger partial charge in [-0.2, -0.15) is 0 Å². The second kappa shape index (κ2) is 13.2. The Morgan fingerprint density at radius 2 is 1.56 bits per heavy atom. The third-order valence-electron chi connectivity index (χ3n) is 5.34. The van der Waals surface area contributed by atoms with Gasteiger partial charge < -0.3 is 25.4 Å². The molecule has 2 unspecified atom stereocenters. The second-order valence-electron chi connectivity index (χ2n) is 7.69. The van der Waals surface area contributed by atoms with Crippen LogP contribution in [-0.2, 0) is 4.74 Å². The van der Waals surface area contributed by atoms with Crippen LogP contribution in [0.15, 0.2) is 23.1 Å². The number of nitrogens with one attached hydrogen (secondary N) is 1. The third-order valence-corrected chi connectivity index (χ3v) is 5.34. The highest BCUT2D eigenvalue weighted by atomic mass is 16.5. The Morgan fingerprint density at radius 1 is 1.00 bits per heavy atom. The SMILES string of the molecule is CCCCCCCCCCCCC(O)C1=C(O)C(C)(OCC)NC=C1CO. The second-order valence-corrected chi connectivity index (χ2v) is 7.69. The Balaban J connectivity index is 2.39. The number of aliphatic hydroxyl groups excluding tert-OH is 3. The van der Waals surface area contributed by atoms with Gasteiger partial charge >= 0.3 is 0 Å². The first-order valence-electron chi connectivity index (χ1n) is 10.8. The number of hydrogen-bond acceptors (Lipinski definition) is 5. The first-order valence-corrected chi connectivity index (χ1v) is 10.8. The monoisotopic (exact) mass is 383 g/mol. The zero-order valence-corrected chi connectivity index (χ0v) is 17.6. The van der Waals surface area contributed by atoms with E-state index < -0.39 is 11.8 Å². The van der Waals surface area contributed by atoms with E-state index in [1.54, 1.807) is 13.1 Å². The molecule has 5 heteroatoms. The zero-order valence-electron chi connectivity index (χ0n) is 17.6. The van der Waals surface area contributed by atoms with Crippen LogP contribution < -0.4 is 5.32 Å². The van der Waals surface area contributed by atoms with E-state index >= 15 is 0 Å². The molecule has 0 bridgehead atoms. The summed E-state index contributed by atoms with van der Waals surface area (Å²) in [6.07, 6.45) is 13.8. The van der Waals surface area contributed by atoms with Crippen LogP contribution in [0, 0.1) is 0 Å². The number of hydrogen-bond donors (Lipinski definition) is 4. The fourth-order valence-electron chi connectivity index (χ4n) is 3.65. The van der Waals surface area contributed by atoms with Crippen molar-refractivity contribution in [3.05, 3.63) is 23.1 Å². The third kappa shape index (κ3) is 7.84. The molecule has 4 N–H and O–H groups in total. The van der Waals surface area contributed by atoms with E-state index in [-0.39, 0.29) is 12.4 Å². The van der Waals surface area contributed by atoms with E-state index in [0.717, 1.165) is 12.8 Å². The van der Waals surface area contributed by atoms with Crippen molar-refractivity contribution in [2.75, 3.05) is 13.2 Å². The van der Waals surface area contributed by atoms with Gasteiger partial charge in [-0.3, -0.25) is 0 Å². The maximum absolute atomic E-state index is 10.6. The van der Waals surface area contributed by atoms with Crippen LogP contribution in [0.5, 0.6) is 0 Å². The van der Waals surface area contributed by atoms with Crippen molar-refractivity contribution in [2.45, 2.75) is 103 Å². The van der Waals surface area contributed by atoms with E-state index in [1.165, 1.54) is 51.4 Å². The van der Waals surface area contributed by atoms with Crippen molar-refractivity contribution in [2.24, 2.45) is 0 Å². The predicted octanol–water partition coefficient (Wildman–Crippen LogP) is 4.70. The van der Waals surface area contributed by atoms with Crippen LogP contribution in [0.4, 0.5) is 0 Å². The average Bonchev–Trinajstić information content (AvgIpc) is 2.65. The summed E-state index contributed by atoms with van der Waals surface area (Å²) in [7, 11) is 0. The summed E-state index contributed by atoms with van der Waals surface area (Å²) in [4.78, 5) is 0. The Labute approximate surface area is 165 Å². The molecule has 158 valence electrons. The lowest BCUT2D eigenvalue weighted by Gasteiger charge is -2.36. The molecule has 0 aromatic carbocycles. The molecule has 0 fully saturated rings. The lowest BCUT2D eigenvalue weighted by atomic mass is 9.90. The van der Waals surface area contributed by atoms with Crippen LogP contribution >= 0.6 is 0 Å². The highest BCUT2D eigenvalue weighted by Gasteiger charge is 2.37. The molecule has 0 radical (unpaired) electrons. The first kappa shape index (κ1) is 24.0. The maximum Gasteiger partial charge on any atom is 0.193 e. The summed E-state index contributed by atoms with van der Waals surface area (Å²) in [5.74, 6) is -0.0320. The largest absolute Gasteiger partial charge is 0.507 e. The molecular weight excluding hydrogens is 342 g/mol. The molecule has 0 aromatic heterocycles. The molecule has 5 nitrogen and oxygen atoms in total. The Bertz CT molecular complexity index is 475. The van der Waals surface area contributed by atoms with Crippen molar-refractivity contribution in [1.82, 2.24) is 5.32 Å². The molecule has 27 heavy (non-hydrogen) atoms. The molecule has 0 saturated carbocycles. The molecule has 1 aliphatic rings. The summed E-state index contributed by atoms with van der Waals surface area (Å²) in [6.45, 7) is 6.02. The number of rotatable bonds is 15. The van der Waals surface area contributed by atoms with Gasteiger partial charge in [0.05, 0.1) is 12.7 Å². The number of dihydropyridines is 1. The quantitative estimate of drug-likeness (QED) is 0.308. The van der Waals surface area contributed by atoms with Gasteiger partial charge in [0.25, 0.3) is 0 Å². The topological polar surface area (TPSA) is 82.0 Å². The van der Waals surface area contributed by atoms with Gasteiger partial charge in [-0.15, -0.1) is 0 Å². The molecule has 1 aliphatic heterocycles. The van der Waals surface area contributed by atoms with Gasteiger partial charge in [-0.05, 0) is 20.3 Å². The minimum Gasteiger partial charge on any atom is -0.507 e. The lowest BCUT2D eigenvalue weighted by Crippen LogP contribution is -2.48. The molecule has 2 atom stereocenters. The number of aliphatic hydroxyl groups is 3. The van der Waals surface area contributed by atoms with E-state index in [0.29, 0.717) is 24.2 Å². The van der Waals surface area contributed by atoms with Crippen molar-refractivity contribution < 1.29 is 20.1 Å². The smallest absolute Gasteiger partial charge is 0.193 e. The summed E-state index contributed by atoms with van der Waals surface area (Å²) in [5.41, 5.74) is -0.131. The van der Waals surface area contributed by atoms with E-state index in [2.05, 4.69) is 12.2 Å². The van der Waals surface area contributed by atoms with Crippen molar-refractivity contribution in [1.29, 1.82) is 0 Å². The fourth-order valence-corrected chi connectivity index (χ4v) is 3.65. The molecule has 1 heterocycles. The predicted molar refractivity (Wildman–Crippen MR) is 110 cm³/mol. The van der Waals surface area contributed by atoms with Gasteiger partial charge in [0, 0.05) is 24.0 Å². The summed E-state index contributed by atoms with van der Waals surface area (Å²) >= 11 is 0. The van der Waals surface area contributed by atoms with Gasteiger partial charge in [0.15, 0.2) is 11.5 Å². The fraction of sp³-hybridized carbons (Fsp3) is 0.818. The number of ether oxygens (including phenoxy) is 1. The molecular formula is C22H41NO4. The molecule has 0 saturated heterocycles. The van der Waals surface area contributed by atoms with Crippen LogP contribution in [-0.4, -0.2) is 40.4 Å². The minimum atomic E-state index is -1.05. The van der Waals surface area contributed by atoms with Crippen molar-refractivity contribution in [3.63, 3.8) is 0 Å². The molecule has 0 aliphatic carbocycles. The first-order chi connectivity index (χ1) is 13.0. The summed E-state index contributed by atoms with van der Waals surface area (Å²) in [6, 6.07) is 0. The molecule has 1 rings (SSSR count). The average molecular weight is 384 g/mol. The van der Waals surface area contributed by atoms with E-state index in [1.807, 2.05) is 6.92 Å². The van der Waals surface area contributed by atoms with Crippen LogP contribution in [0.3, 0.4) is 0 Å². The highest BCUT2D eigenvalue weighted by Crippen LogP contribution is 2.31. The van der Waals surface area contributed by atoms with Gasteiger partial charge in [0.1, 0.15) is 0 Å². The zero-order chi connectivity index (χ0) is 20.1. The van der Waals surface area contributed by atoms with Gasteiger partial charge in [-0.25, -0.2) is 0 Å². The maximum atomic E-state index is 10.6. The van der Waals surface area contributed by atoms with Gasteiger partial charge in [0.2, 0.25) is 0 Å². The lowest BCUT2D eigenvalue weighted by molar-refractivity contribution is -0.0448. The Hall–Kier alpha value is -1.04.